The van der Waals surface area contributed by atoms with Gasteiger partial charge in [-0.1, -0.05) is 26.0 Å². The molecule has 0 amide bonds. The minimum absolute atomic E-state index is 0.470. The largest absolute Gasteiger partial charge is 0.492 e. The van der Waals surface area contributed by atoms with Gasteiger partial charge in [-0.05, 0) is 37.5 Å². The van der Waals surface area contributed by atoms with Crippen molar-refractivity contribution in [1.29, 1.82) is 0 Å². The highest BCUT2D eigenvalue weighted by Crippen LogP contribution is 2.10. The molecule has 0 spiro atoms. The monoisotopic (exact) mass is 265 g/mol. The SMILES string of the molecule is CC(C)C(C)N(C)CCOc1ccc(B(O)O)cc1. The molecular weight excluding hydrogens is 241 g/mol. The zero-order valence-corrected chi connectivity index (χ0v) is 12.2. The first kappa shape index (κ1) is 16.0. The van der Waals surface area contributed by atoms with Gasteiger partial charge in [-0.3, -0.25) is 0 Å². The van der Waals surface area contributed by atoms with Gasteiger partial charge >= 0.3 is 7.12 Å². The fourth-order valence-electron chi connectivity index (χ4n) is 1.76. The van der Waals surface area contributed by atoms with Crippen molar-refractivity contribution in [2.24, 2.45) is 5.92 Å². The third kappa shape index (κ3) is 5.23. The van der Waals surface area contributed by atoms with Gasteiger partial charge in [0, 0.05) is 12.6 Å². The van der Waals surface area contributed by atoms with Crippen molar-refractivity contribution in [1.82, 2.24) is 4.90 Å². The van der Waals surface area contributed by atoms with Gasteiger partial charge in [-0.2, -0.15) is 0 Å². The zero-order valence-electron chi connectivity index (χ0n) is 12.2. The maximum Gasteiger partial charge on any atom is 0.488 e. The number of hydrogen-bond donors (Lipinski definition) is 2. The molecule has 0 saturated heterocycles. The van der Waals surface area contributed by atoms with Gasteiger partial charge in [0.25, 0.3) is 0 Å². The van der Waals surface area contributed by atoms with Crippen LogP contribution in [0.5, 0.6) is 5.75 Å². The van der Waals surface area contributed by atoms with Gasteiger partial charge < -0.3 is 19.7 Å². The molecule has 0 aliphatic carbocycles. The third-order valence-electron chi connectivity index (χ3n) is 3.55. The van der Waals surface area contributed by atoms with E-state index in [1.54, 1.807) is 24.3 Å². The molecule has 0 bridgehead atoms. The van der Waals surface area contributed by atoms with E-state index in [1.807, 2.05) is 0 Å². The molecular formula is C14H24BNO3. The van der Waals surface area contributed by atoms with E-state index in [9.17, 15) is 0 Å². The second-order valence-corrected chi connectivity index (χ2v) is 5.26. The summed E-state index contributed by atoms with van der Waals surface area (Å²) in [7, 11) is 0.672. The predicted molar refractivity (Wildman–Crippen MR) is 78.7 cm³/mol. The summed E-state index contributed by atoms with van der Waals surface area (Å²) in [6, 6.07) is 7.33. The summed E-state index contributed by atoms with van der Waals surface area (Å²) in [6.07, 6.45) is 0. The summed E-state index contributed by atoms with van der Waals surface area (Å²) in [5.41, 5.74) is 0.470. The maximum absolute atomic E-state index is 8.98. The Balaban J connectivity index is 2.37. The lowest BCUT2D eigenvalue weighted by Crippen LogP contribution is -2.36. The van der Waals surface area contributed by atoms with Gasteiger partial charge in [0.15, 0.2) is 0 Å². The fourth-order valence-corrected chi connectivity index (χ4v) is 1.76. The first-order chi connectivity index (χ1) is 8.91. The molecule has 1 aromatic carbocycles. The Labute approximate surface area is 116 Å². The number of rotatable bonds is 7. The molecule has 1 rings (SSSR count). The van der Waals surface area contributed by atoms with Gasteiger partial charge in [-0.15, -0.1) is 0 Å². The van der Waals surface area contributed by atoms with E-state index in [0.717, 1.165) is 12.3 Å². The lowest BCUT2D eigenvalue weighted by atomic mass is 9.80. The molecule has 4 nitrogen and oxygen atoms in total. The van der Waals surface area contributed by atoms with Crippen molar-refractivity contribution in [3.63, 3.8) is 0 Å². The molecule has 0 heterocycles. The van der Waals surface area contributed by atoms with Crippen molar-refractivity contribution < 1.29 is 14.8 Å². The van der Waals surface area contributed by atoms with Crippen LogP contribution in [0.4, 0.5) is 0 Å². The summed E-state index contributed by atoms with van der Waals surface area (Å²) < 4.78 is 5.64. The van der Waals surface area contributed by atoms with Crippen LogP contribution in [-0.2, 0) is 0 Å². The van der Waals surface area contributed by atoms with E-state index < -0.39 is 7.12 Å². The van der Waals surface area contributed by atoms with Crippen LogP contribution in [0, 0.1) is 5.92 Å². The van der Waals surface area contributed by atoms with Gasteiger partial charge in [0.05, 0.1) is 0 Å². The molecule has 1 aromatic rings. The third-order valence-corrected chi connectivity index (χ3v) is 3.55. The molecule has 0 fully saturated rings. The highest BCUT2D eigenvalue weighted by Gasteiger charge is 2.13. The van der Waals surface area contributed by atoms with Gasteiger partial charge in [0.2, 0.25) is 0 Å². The number of benzene rings is 1. The second-order valence-electron chi connectivity index (χ2n) is 5.26. The van der Waals surface area contributed by atoms with E-state index in [2.05, 4.69) is 32.7 Å². The number of hydrogen-bond acceptors (Lipinski definition) is 4. The van der Waals surface area contributed by atoms with Crippen LogP contribution in [0.3, 0.4) is 0 Å². The van der Waals surface area contributed by atoms with E-state index in [1.165, 1.54) is 0 Å². The summed E-state index contributed by atoms with van der Waals surface area (Å²) in [4.78, 5) is 2.27. The summed E-state index contributed by atoms with van der Waals surface area (Å²) in [6.45, 7) is 8.11. The molecule has 0 radical (unpaired) electrons. The van der Waals surface area contributed by atoms with Crippen LogP contribution in [0.25, 0.3) is 0 Å². The molecule has 1 unspecified atom stereocenters. The first-order valence-corrected chi connectivity index (χ1v) is 6.71. The molecule has 0 aliphatic rings. The molecule has 1 atom stereocenters. The Morgan fingerprint density at radius 2 is 1.74 bits per heavy atom. The lowest BCUT2D eigenvalue weighted by Gasteiger charge is -2.27. The molecule has 5 heteroatoms. The molecule has 2 N–H and O–H groups in total. The summed E-state index contributed by atoms with van der Waals surface area (Å²) in [5.74, 6) is 1.37. The van der Waals surface area contributed by atoms with Crippen LogP contribution < -0.4 is 10.2 Å². The van der Waals surface area contributed by atoms with E-state index in [4.69, 9.17) is 14.8 Å². The van der Waals surface area contributed by atoms with Crippen molar-refractivity contribution in [2.75, 3.05) is 20.2 Å². The standard InChI is InChI=1S/C14H24BNO3/c1-11(2)12(3)16(4)9-10-19-14-7-5-13(6-8-14)15(17)18/h5-8,11-12,17-18H,9-10H2,1-4H3. The quantitative estimate of drug-likeness (QED) is 0.713. The van der Waals surface area contributed by atoms with E-state index in [-0.39, 0.29) is 0 Å². The highest BCUT2D eigenvalue weighted by molar-refractivity contribution is 6.58. The fraction of sp³-hybridized carbons (Fsp3) is 0.571. The van der Waals surface area contributed by atoms with Crippen molar-refractivity contribution in [2.45, 2.75) is 26.8 Å². The minimum Gasteiger partial charge on any atom is -0.492 e. The maximum atomic E-state index is 8.98. The molecule has 0 aromatic heterocycles. The van der Waals surface area contributed by atoms with E-state index >= 15 is 0 Å². The van der Waals surface area contributed by atoms with Crippen LogP contribution in [0.1, 0.15) is 20.8 Å². The van der Waals surface area contributed by atoms with Crippen LogP contribution in [0.15, 0.2) is 24.3 Å². The Kier molecular flexibility index (Phi) is 6.35. The summed E-state index contributed by atoms with van der Waals surface area (Å²) >= 11 is 0. The number of ether oxygens (including phenoxy) is 1. The molecule has 0 saturated carbocycles. The average molecular weight is 265 g/mol. The van der Waals surface area contributed by atoms with Crippen LogP contribution in [-0.4, -0.2) is 48.3 Å². The Morgan fingerprint density at radius 1 is 1.16 bits per heavy atom. The number of nitrogens with zero attached hydrogens (tertiary/aromatic N) is 1. The topological polar surface area (TPSA) is 52.9 Å². The first-order valence-electron chi connectivity index (χ1n) is 6.71. The van der Waals surface area contributed by atoms with Crippen molar-refractivity contribution in [3.05, 3.63) is 24.3 Å². The predicted octanol–water partition coefficient (Wildman–Crippen LogP) is 0.721. The Hall–Kier alpha value is -1.04. The Morgan fingerprint density at radius 3 is 2.21 bits per heavy atom. The van der Waals surface area contributed by atoms with Crippen molar-refractivity contribution in [3.8, 4) is 5.75 Å². The number of likely N-dealkylation sites (N-methyl/N-ethyl adjacent to an activating group) is 1. The van der Waals surface area contributed by atoms with E-state index in [0.29, 0.717) is 24.0 Å². The zero-order chi connectivity index (χ0) is 14.4. The minimum atomic E-state index is -1.42. The Bertz CT molecular complexity index is 367. The average Bonchev–Trinajstić information content (AvgIpc) is 2.38. The smallest absolute Gasteiger partial charge is 0.488 e. The second kappa shape index (κ2) is 7.53. The van der Waals surface area contributed by atoms with Crippen LogP contribution >= 0.6 is 0 Å². The molecule has 19 heavy (non-hydrogen) atoms. The highest BCUT2D eigenvalue weighted by atomic mass is 16.5. The van der Waals surface area contributed by atoms with Gasteiger partial charge in [-0.25, -0.2) is 0 Å². The van der Waals surface area contributed by atoms with Gasteiger partial charge in [0.1, 0.15) is 12.4 Å². The van der Waals surface area contributed by atoms with Crippen LogP contribution in [0.2, 0.25) is 0 Å². The molecule has 0 aliphatic heterocycles. The lowest BCUT2D eigenvalue weighted by molar-refractivity contribution is 0.170. The van der Waals surface area contributed by atoms with Crippen molar-refractivity contribution >= 4 is 12.6 Å². The molecule has 106 valence electrons. The summed E-state index contributed by atoms with van der Waals surface area (Å²) in [5, 5.41) is 18.0. The normalized spacial score (nSPS) is 12.8.